The van der Waals surface area contributed by atoms with Crippen molar-refractivity contribution >= 4 is 47.2 Å². The molecule has 26 nitrogen and oxygen atoms in total. The summed E-state index contributed by atoms with van der Waals surface area (Å²) in [6.45, 7) is 57.7. The van der Waals surface area contributed by atoms with Crippen molar-refractivity contribution in [3.63, 3.8) is 0 Å². The number of aromatic hydroxyl groups is 2. The number of halogens is 2. The van der Waals surface area contributed by atoms with E-state index in [2.05, 4.69) is 152 Å². The average Bonchev–Trinajstić information content (AvgIpc) is 0.945. The zero-order valence-corrected chi connectivity index (χ0v) is 81.0. The summed E-state index contributed by atoms with van der Waals surface area (Å²) in [4.78, 5) is 69.1. The molecule has 1 amide bonds. The maximum atomic E-state index is 13.0. The molecule has 0 unspecified atom stereocenters. The monoisotopic (exact) mass is 1770 g/mol. The summed E-state index contributed by atoms with van der Waals surface area (Å²) in [7, 11) is 0. The van der Waals surface area contributed by atoms with E-state index in [4.69, 9.17) is 66.7 Å². The number of unbranched alkanes of at least 4 members (excludes halogenated alkanes) is 7. The lowest BCUT2D eigenvalue weighted by Gasteiger charge is -2.49. The number of carbonyl (C=O) groups is 3. The SMILES string of the molecule is CC(C)(CCCCCCCl)c1cc(O)c2c(c1)OC(C)(C)[C@@H]1CC[C@@H](CN=[N+]=[N-])C[C@@H]21.CC(C)(CCCCCCCl)c1cc(O)c2c(c1)OC(C)(C)[C@@H]1CC[C@@H](Cn3nncc3CO)C[C@@H]21.CC(C)N1CCOCC1.CC(C)OCCCCNC(=O)CN1CCN(CC(=O)OC(C)(C)C)CCN(CC(=O)OC(C)(C)C)CCN(CC(C)(C)C)CC1.O=C=O. The van der Waals surface area contributed by atoms with Crippen LogP contribution in [0.4, 0.5) is 0 Å². The third-order valence-corrected chi connectivity index (χ3v) is 25.3. The molecule has 2 aromatic carbocycles. The molecule has 28 heteroatoms. The highest BCUT2D eigenvalue weighted by atomic mass is 35.5. The maximum absolute atomic E-state index is 13.0. The number of aromatic nitrogens is 3. The molecule has 4 aliphatic heterocycles. The number of azide groups is 1. The van der Waals surface area contributed by atoms with Crippen LogP contribution in [-0.2, 0) is 66.9 Å². The summed E-state index contributed by atoms with van der Waals surface area (Å²) >= 11 is 11.6. The fourth-order valence-electron chi connectivity index (χ4n) is 18.2. The topological polar surface area (TPSA) is 309 Å². The number of phenols is 2. The Labute approximate surface area is 749 Å². The first-order valence-corrected chi connectivity index (χ1v) is 47.1. The van der Waals surface area contributed by atoms with Gasteiger partial charge in [-0.15, -0.1) is 28.3 Å². The number of fused-ring (bicyclic) bond motifs is 6. The van der Waals surface area contributed by atoms with Gasteiger partial charge in [-0.05, 0) is 255 Å². The second-order valence-electron chi connectivity index (χ2n) is 41.1. The zero-order chi connectivity index (χ0) is 91.5. The van der Waals surface area contributed by atoms with Crippen LogP contribution in [0.3, 0.4) is 0 Å². The van der Waals surface area contributed by atoms with Crippen LogP contribution in [0.2, 0.25) is 0 Å². The number of phenolic OH excluding ortho intramolecular Hbond substituents is 2. The predicted molar refractivity (Wildman–Crippen MR) is 489 cm³/mol. The summed E-state index contributed by atoms with van der Waals surface area (Å²) < 4.78 is 37.0. The molecule has 6 atom stereocenters. The number of ether oxygens (including phenoxy) is 6. The Balaban J connectivity index is 0.000000310. The van der Waals surface area contributed by atoms with Crippen molar-refractivity contribution in [3.8, 4) is 23.0 Å². The van der Waals surface area contributed by atoms with Gasteiger partial charge >= 0.3 is 18.1 Å². The molecule has 4 N–H and O–H groups in total. The number of nitrogens with one attached hydrogen (secondary N) is 1. The van der Waals surface area contributed by atoms with E-state index < -0.39 is 11.2 Å². The first-order chi connectivity index (χ1) is 57.8. The quantitative estimate of drug-likeness (QED) is 0.0110. The van der Waals surface area contributed by atoms with Gasteiger partial charge in [-0.2, -0.15) is 9.59 Å². The number of carbonyl (C=O) groups excluding carboxylic acids is 5. The number of hydrogen-bond donors (Lipinski definition) is 4. The van der Waals surface area contributed by atoms with Gasteiger partial charge in [0.25, 0.3) is 0 Å². The Hall–Kier alpha value is -5.86. The molecule has 2 aliphatic carbocycles. The summed E-state index contributed by atoms with van der Waals surface area (Å²) in [5.74, 6) is 5.32. The molecule has 2 saturated heterocycles. The van der Waals surface area contributed by atoms with Crippen LogP contribution in [0.5, 0.6) is 23.0 Å². The minimum atomic E-state index is -0.576. The molecule has 0 radical (unpaired) electrons. The first-order valence-electron chi connectivity index (χ1n) is 46.0. The molecule has 2 saturated carbocycles. The van der Waals surface area contributed by atoms with E-state index in [9.17, 15) is 29.7 Å². The first kappa shape index (κ1) is 108. The second-order valence-corrected chi connectivity index (χ2v) is 41.9. The minimum absolute atomic E-state index is 0.0106. The third kappa shape index (κ3) is 38.5. The number of aliphatic hydroxyl groups excluding tert-OH is 1. The normalized spacial score (nSPS) is 21.1. The van der Waals surface area contributed by atoms with E-state index in [1.54, 1.807) is 6.20 Å². The lowest BCUT2D eigenvalue weighted by atomic mass is 9.63. The number of alkyl halides is 2. The molecule has 1 aromatic heterocycles. The van der Waals surface area contributed by atoms with Gasteiger partial charge in [-0.25, -0.2) is 4.68 Å². The average molecular weight is 1770 g/mol. The van der Waals surface area contributed by atoms with Crippen molar-refractivity contribution in [2.45, 2.75) is 331 Å². The van der Waals surface area contributed by atoms with Gasteiger partial charge < -0.3 is 54.0 Å². The van der Waals surface area contributed by atoms with E-state index in [-0.39, 0.29) is 89.1 Å². The number of esters is 2. The van der Waals surface area contributed by atoms with Crippen molar-refractivity contribution < 1.29 is 67.7 Å². The molecule has 0 bridgehead atoms. The van der Waals surface area contributed by atoms with Gasteiger partial charge in [-0.3, -0.25) is 34.0 Å². The highest BCUT2D eigenvalue weighted by molar-refractivity contribution is 6.18. The molecular formula is C95H162Cl2N12O14. The van der Waals surface area contributed by atoms with Crippen molar-refractivity contribution in [2.24, 2.45) is 34.2 Å². The Morgan fingerprint density at radius 1 is 0.618 bits per heavy atom. The number of benzene rings is 2. The number of nitrogens with zero attached hydrogens (tertiary/aromatic N) is 11. The molecular weight excluding hydrogens is 1600 g/mol. The molecule has 700 valence electrons. The minimum Gasteiger partial charge on any atom is -0.508 e. The Kier molecular flexibility index (Phi) is 45.5. The van der Waals surface area contributed by atoms with E-state index in [1.165, 1.54) is 25.7 Å². The summed E-state index contributed by atoms with van der Waals surface area (Å²) in [6.07, 6.45) is 21.3. The number of rotatable bonds is 33. The predicted octanol–water partition coefficient (Wildman–Crippen LogP) is 17.6. The van der Waals surface area contributed by atoms with Crippen molar-refractivity contribution in [2.75, 3.05) is 136 Å². The van der Waals surface area contributed by atoms with Gasteiger partial charge in [0.2, 0.25) is 5.91 Å². The van der Waals surface area contributed by atoms with Crippen LogP contribution < -0.4 is 14.8 Å². The standard InChI is InChI=1S/C34H67N5O6.C28H42ClN3O3.C25H38ClN3O2.C7H15NO.CO2/c1-28(2)43-23-13-12-14-35-29(40)24-36-15-16-37(25-30(41)44-33(6,7)8)17-18-38(26-31(42)45-34(9,10)11)20-22-39(21-19-36)27-32(3,4)5;1-27(2,11-7-5-6-8-12-29)20-14-24(34)26-22-13-19(17-32-21(18-33)16-30-31-32)9-10-23(22)28(3,4)35-25(26)15-20;1-24(2,11-7-5-6-8-12-26)18-14-21(30)23-19-13-17(16-28-29-27)9-10-20(19)25(3,4)31-22(23)15-18;1-7(2)8-3-5-9-6-4-8;2-1-3/h28H,12-27H2,1-11H3,(H,35,40);14-16,19,22-23,33-34H,5-13,17-18H2,1-4H3;14-15,17,19-20,30H,5-13,16H2,1-4H3;7H,3-6H2,1-2H3;/t;19-,22-,23-;17-,19-,20-;;/m.11../s1. The molecule has 5 heterocycles. The van der Waals surface area contributed by atoms with Gasteiger partial charge in [0, 0.05) is 144 Å². The van der Waals surface area contributed by atoms with Crippen molar-refractivity contribution in [1.29, 1.82) is 0 Å². The van der Waals surface area contributed by atoms with Gasteiger partial charge in [-0.1, -0.05) is 97.3 Å². The zero-order valence-electron chi connectivity index (χ0n) is 79.5. The number of morpholine rings is 1. The van der Waals surface area contributed by atoms with Crippen LogP contribution in [0, 0.1) is 29.1 Å². The molecule has 9 rings (SSSR count). The van der Waals surface area contributed by atoms with Gasteiger partial charge in [0.15, 0.2) is 0 Å². The van der Waals surface area contributed by atoms with E-state index in [0.717, 1.165) is 200 Å². The largest absolute Gasteiger partial charge is 0.508 e. The fraction of sp³-hybridized carbons (Fsp3) is 0.811. The third-order valence-electron chi connectivity index (χ3n) is 24.7. The van der Waals surface area contributed by atoms with Gasteiger partial charge in [0.1, 0.15) is 45.4 Å². The highest BCUT2D eigenvalue weighted by Gasteiger charge is 2.50. The maximum Gasteiger partial charge on any atom is 0.373 e. The van der Waals surface area contributed by atoms with Crippen LogP contribution >= 0.6 is 23.2 Å². The lowest BCUT2D eigenvalue weighted by Crippen LogP contribution is -2.50. The second kappa shape index (κ2) is 52.0. The van der Waals surface area contributed by atoms with E-state index in [0.29, 0.717) is 100 Å². The lowest BCUT2D eigenvalue weighted by molar-refractivity contribution is -0.192. The number of hydrogen-bond acceptors (Lipinski definition) is 22. The number of amides is 1. The number of aliphatic hydroxyl groups is 1. The van der Waals surface area contributed by atoms with Gasteiger partial charge in [0.05, 0.1) is 57.4 Å². The van der Waals surface area contributed by atoms with E-state index in [1.807, 2.05) is 72.2 Å². The molecule has 123 heavy (non-hydrogen) atoms. The molecule has 4 fully saturated rings. The Morgan fingerprint density at radius 3 is 1.47 bits per heavy atom. The Bertz CT molecular complexity index is 3710. The molecule has 0 spiro atoms. The van der Waals surface area contributed by atoms with Crippen LogP contribution in [0.15, 0.2) is 35.6 Å². The summed E-state index contributed by atoms with van der Waals surface area (Å²) in [5, 5.41) is 47.1. The smallest absolute Gasteiger partial charge is 0.373 e. The van der Waals surface area contributed by atoms with Crippen LogP contribution in [-0.4, -0.2) is 250 Å². The van der Waals surface area contributed by atoms with E-state index >= 15 is 0 Å². The fourth-order valence-corrected chi connectivity index (χ4v) is 18.6. The summed E-state index contributed by atoms with van der Waals surface area (Å²) in [6, 6.07) is 9.00. The van der Waals surface area contributed by atoms with Crippen LogP contribution in [0.25, 0.3) is 10.4 Å². The Morgan fingerprint density at radius 2 is 1.06 bits per heavy atom. The highest BCUT2D eigenvalue weighted by Crippen LogP contribution is 2.58. The summed E-state index contributed by atoms with van der Waals surface area (Å²) in [5.41, 5.74) is 12.0. The van der Waals surface area contributed by atoms with Crippen molar-refractivity contribution in [3.05, 3.63) is 68.9 Å². The van der Waals surface area contributed by atoms with Crippen LogP contribution in [0.1, 0.15) is 301 Å². The molecule has 6 aliphatic rings. The van der Waals surface area contributed by atoms with Crippen molar-refractivity contribution in [1.82, 2.24) is 44.8 Å². The molecule has 3 aromatic rings.